The fraction of sp³-hybridized carbons (Fsp3) is 0.333. The summed E-state index contributed by atoms with van der Waals surface area (Å²) < 4.78 is 15.9. The molecule has 1 aromatic carbocycles. The number of halogens is 2. The Morgan fingerprint density at radius 2 is 2.30 bits per heavy atom. The molecule has 0 spiro atoms. The molecule has 0 saturated heterocycles. The molecular formula is C12H12BrFN4O2. The van der Waals surface area contributed by atoms with Crippen molar-refractivity contribution >= 4 is 21.9 Å². The highest BCUT2D eigenvalue weighted by Gasteiger charge is 2.16. The molecule has 106 valence electrons. The molecule has 2 rings (SSSR count). The normalized spacial score (nSPS) is 12.3. The summed E-state index contributed by atoms with van der Waals surface area (Å²) >= 11 is 3.27. The fourth-order valence-corrected chi connectivity index (χ4v) is 2.02. The number of carboxylic acids is 1. The Bertz CT molecular complexity index is 632. The molecular weight excluding hydrogens is 331 g/mol. The number of nitrogens with zero attached hydrogens (tertiary/aromatic N) is 4. The van der Waals surface area contributed by atoms with Gasteiger partial charge in [-0.1, -0.05) is 22.9 Å². The smallest absolute Gasteiger partial charge is 0.306 e. The van der Waals surface area contributed by atoms with Crippen molar-refractivity contribution in [2.45, 2.75) is 19.9 Å². The third-order valence-corrected chi connectivity index (χ3v) is 3.39. The first-order valence-corrected chi connectivity index (χ1v) is 6.72. The Labute approximate surface area is 122 Å². The maximum atomic E-state index is 13.8. The SMILES string of the molecule is CC(CCn1nnnc1-c1cc(Br)ccc1F)C(=O)O. The predicted octanol–water partition coefficient (Wildman–Crippen LogP) is 2.35. The molecule has 2 aromatic rings. The topological polar surface area (TPSA) is 80.9 Å². The second-order valence-electron chi connectivity index (χ2n) is 4.38. The van der Waals surface area contributed by atoms with Crippen LogP contribution in [0, 0.1) is 11.7 Å². The zero-order valence-corrected chi connectivity index (χ0v) is 12.2. The first-order valence-electron chi connectivity index (χ1n) is 5.93. The first kappa shape index (κ1) is 14.6. The van der Waals surface area contributed by atoms with E-state index in [9.17, 15) is 9.18 Å². The van der Waals surface area contributed by atoms with Crippen LogP contribution >= 0.6 is 15.9 Å². The minimum absolute atomic E-state index is 0.271. The molecule has 8 heteroatoms. The number of benzene rings is 1. The summed E-state index contributed by atoms with van der Waals surface area (Å²) in [6.45, 7) is 1.91. The number of aryl methyl sites for hydroxylation is 1. The van der Waals surface area contributed by atoms with E-state index < -0.39 is 17.7 Å². The van der Waals surface area contributed by atoms with E-state index in [1.54, 1.807) is 19.1 Å². The molecule has 6 nitrogen and oxygen atoms in total. The van der Waals surface area contributed by atoms with E-state index in [1.165, 1.54) is 10.7 Å². The van der Waals surface area contributed by atoms with Crippen molar-refractivity contribution in [1.29, 1.82) is 0 Å². The van der Waals surface area contributed by atoms with Gasteiger partial charge in [-0.15, -0.1) is 5.10 Å². The lowest BCUT2D eigenvalue weighted by Crippen LogP contribution is -2.14. The number of hydrogen-bond acceptors (Lipinski definition) is 4. The van der Waals surface area contributed by atoms with Crippen LogP contribution in [0.5, 0.6) is 0 Å². The number of carbonyl (C=O) groups is 1. The summed E-state index contributed by atoms with van der Waals surface area (Å²) in [6, 6.07) is 4.48. The van der Waals surface area contributed by atoms with Gasteiger partial charge in [-0.2, -0.15) is 0 Å². The third-order valence-electron chi connectivity index (χ3n) is 2.90. The minimum atomic E-state index is -0.881. The lowest BCUT2D eigenvalue weighted by molar-refractivity contribution is -0.141. The molecule has 1 aromatic heterocycles. The van der Waals surface area contributed by atoms with E-state index in [1.807, 2.05) is 0 Å². The largest absolute Gasteiger partial charge is 0.481 e. The molecule has 0 amide bonds. The van der Waals surface area contributed by atoms with E-state index in [0.29, 0.717) is 17.4 Å². The zero-order chi connectivity index (χ0) is 14.7. The molecule has 20 heavy (non-hydrogen) atoms. The predicted molar refractivity (Wildman–Crippen MR) is 72.3 cm³/mol. The Morgan fingerprint density at radius 1 is 1.55 bits per heavy atom. The Morgan fingerprint density at radius 3 is 3.00 bits per heavy atom. The highest BCUT2D eigenvalue weighted by atomic mass is 79.9. The van der Waals surface area contributed by atoms with Gasteiger partial charge in [0.05, 0.1) is 11.5 Å². The van der Waals surface area contributed by atoms with Gasteiger partial charge in [-0.25, -0.2) is 9.07 Å². The Kier molecular flexibility index (Phi) is 4.43. The minimum Gasteiger partial charge on any atom is -0.481 e. The van der Waals surface area contributed by atoms with Crippen LogP contribution in [-0.4, -0.2) is 31.3 Å². The third kappa shape index (κ3) is 3.19. The monoisotopic (exact) mass is 342 g/mol. The van der Waals surface area contributed by atoms with Gasteiger partial charge in [0, 0.05) is 11.0 Å². The molecule has 0 aliphatic heterocycles. The molecule has 0 aliphatic carbocycles. The van der Waals surface area contributed by atoms with Crippen LogP contribution in [0.2, 0.25) is 0 Å². The summed E-state index contributed by atoms with van der Waals surface area (Å²) in [4.78, 5) is 10.8. The molecule has 1 heterocycles. The summed E-state index contributed by atoms with van der Waals surface area (Å²) in [6.07, 6.45) is 0.364. The standard InChI is InChI=1S/C12H12BrFN4O2/c1-7(12(19)20)4-5-18-11(15-16-17-18)9-6-8(13)2-3-10(9)14/h2-3,6-7H,4-5H2,1H3,(H,19,20). The number of aromatic nitrogens is 4. The molecule has 1 unspecified atom stereocenters. The van der Waals surface area contributed by atoms with Crippen molar-refractivity contribution in [3.8, 4) is 11.4 Å². The second kappa shape index (κ2) is 6.08. The van der Waals surface area contributed by atoms with Crippen molar-refractivity contribution in [2.24, 2.45) is 5.92 Å². The molecule has 1 atom stereocenters. The summed E-state index contributed by atoms with van der Waals surface area (Å²) in [5.41, 5.74) is 0.271. The van der Waals surface area contributed by atoms with Crippen LogP contribution < -0.4 is 0 Å². The highest BCUT2D eigenvalue weighted by molar-refractivity contribution is 9.10. The first-order chi connectivity index (χ1) is 9.49. The molecule has 1 N–H and O–H groups in total. The molecule has 0 radical (unpaired) electrons. The summed E-state index contributed by atoms with van der Waals surface area (Å²) in [5.74, 6) is -1.55. The number of aliphatic carboxylic acids is 1. The van der Waals surface area contributed by atoms with Crippen molar-refractivity contribution in [2.75, 3.05) is 0 Å². The van der Waals surface area contributed by atoms with E-state index in [4.69, 9.17) is 5.11 Å². The van der Waals surface area contributed by atoms with Crippen molar-refractivity contribution in [3.05, 3.63) is 28.5 Å². The van der Waals surface area contributed by atoms with Gasteiger partial charge >= 0.3 is 5.97 Å². The Hall–Kier alpha value is -1.83. The average molecular weight is 343 g/mol. The van der Waals surface area contributed by atoms with Crippen LogP contribution in [-0.2, 0) is 11.3 Å². The van der Waals surface area contributed by atoms with Crippen molar-refractivity contribution in [1.82, 2.24) is 20.2 Å². The highest BCUT2D eigenvalue weighted by Crippen LogP contribution is 2.24. The number of hydrogen-bond donors (Lipinski definition) is 1. The van der Waals surface area contributed by atoms with Gasteiger partial charge in [-0.05, 0) is 35.0 Å². The summed E-state index contributed by atoms with van der Waals surface area (Å²) in [7, 11) is 0. The molecule has 0 saturated carbocycles. The van der Waals surface area contributed by atoms with Gasteiger partial charge in [-0.3, -0.25) is 4.79 Å². The van der Waals surface area contributed by atoms with E-state index in [0.717, 1.165) is 0 Å². The van der Waals surface area contributed by atoms with Crippen molar-refractivity contribution < 1.29 is 14.3 Å². The number of carboxylic acid groups (broad SMARTS) is 1. The van der Waals surface area contributed by atoms with Gasteiger partial charge in [0.25, 0.3) is 0 Å². The maximum absolute atomic E-state index is 13.8. The van der Waals surface area contributed by atoms with Crippen LogP contribution in [0.1, 0.15) is 13.3 Å². The van der Waals surface area contributed by atoms with E-state index >= 15 is 0 Å². The average Bonchev–Trinajstić information content (AvgIpc) is 2.86. The molecule has 0 fully saturated rings. The maximum Gasteiger partial charge on any atom is 0.306 e. The second-order valence-corrected chi connectivity index (χ2v) is 5.29. The van der Waals surface area contributed by atoms with Gasteiger partial charge in [0.15, 0.2) is 5.82 Å². The lowest BCUT2D eigenvalue weighted by atomic mass is 10.1. The van der Waals surface area contributed by atoms with Crippen molar-refractivity contribution in [3.63, 3.8) is 0 Å². The van der Waals surface area contributed by atoms with Crippen LogP contribution in [0.25, 0.3) is 11.4 Å². The van der Waals surface area contributed by atoms with E-state index in [-0.39, 0.29) is 11.4 Å². The quantitative estimate of drug-likeness (QED) is 0.901. The number of tetrazole rings is 1. The van der Waals surface area contributed by atoms with Crippen LogP contribution in [0.3, 0.4) is 0 Å². The lowest BCUT2D eigenvalue weighted by Gasteiger charge is -2.08. The van der Waals surface area contributed by atoms with Crippen LogP contribution in [0.15, 0.2) is 22.7 Å². The van der Waals surface area contributed by atoms with Gasteiger partial charge in [0.2, 0.25) is 0 Å². The van der Waals surface area contributed by atoms with Gasteiger partial charge in [0.1, 0.15) is 5.82 Å². The Balaban J connectivity index is 2.24. The molecule has 0 bridgehead atoms. The van der Waals surface area contributed by atoms with Gasteiger partial charge < -0.3 is 5.11 Å². The zero-order valence-electron chi connectivity index (χ0n) is 10.6. The summed E-state index contributed by atoms with van der Waals surface area (Å²) in [5, 5.41) is 20.0. The molecule has 0 aliphatic rings. The fourth-order valence-electron chi connectivity index (χ4n) is 1.66. The van der Waals surface area contributed by atoms with Crippen LogP contribution in [0.4, 0.5) is 4.39 Å². The number of rotatable bonds is 5. The van der Waals surface area contributed by atoms with E-state index in [2.05, 4.69) is 31.5 Å².